The number of likely N-dealkylation sites (tertiary alicyclic amines) is 1. The Hall–Kier alpha value is -1.87. The molecule has 130 valence electrons. The predicted molar refractivity (Wildman–Crippen MR) is 90.1 cm³/mol. The SMILES string of the molecule is C[C@H](C(=O)O)N1C(=O)[C@@H]2[C@@H]3C[C@H](C4=Cc5sc(=O)[nH]c5S[C@H]43)[C@@H]2C1=O. The molecule has 2 aliphatic carbocycles. The summed E-state index contributed by atoms with van der Waals surface area (Å²) in [7, 11) is 0. The van der Waals surface area contributed by atoms with E-state index in [9.17, 15) is 24.3 Å². The maximum absolute atomic E-state index is 12.8. The number of aliphatic carboxylic acids is 1. The number of nitrogens with one attached hydrogen (secondary N) is 1. The third kappa shape index (κ3) is 1.82. The van der Waals surface area contributed by atoms with E-state index in [1.54, 1.807) is 11.8 Å². The number of thioether (sulfide) groups is 1. The summed E-state index contributed by atoms with van der Waals surface area (Å²) in [6.07, 6.45) is 2.78. The Bertz CT molecular complexity index is 931. The van der Waals surface area contributed by atoms with Crippen molar-refractivity contribution >= 4 is 47.0 Å². The van der Waals surface area contributed by atoms with E-state index in [1.807, 2.05) is 6.08 Å². The van der Waals surface area contributed by atoms with Crippen molar-refractivity contribution in [2.45, 2.75) is 29.7 Å². The monoisotopic (exact) mass is 378 g/mol. The van der Waals surface area contributed by atoms with E-state index in [-0.39, 0.29) is 33.8 Å². The van der Waals surface area contributed by atoms with Gasteiger partial charge in [-0.1, -0.05) is 28.7 Å². The molecular formula is C16H14N2O5S2. The fourth-order valence-corrected chi connectivity index (χ4v) is 7.37. The highest BCUT2D eigenvalue weighted by molar-refractivity contribution is 8.00. The van der Waals surface area contributed by atoms with Crippen molar-refractivity contribution in [3.63, 3.8) is 0 Å². The number of carbonyl (C=O) groups excluding carboxylic acids is 2. The third-order valence-electron chi connectivity index (χ3n) is 5.93. The van der Waals surface area contributed by atoms with Crippen molar-refractivity contribution in [3.8, 4) is 0 Å². The number of hydrogen-bond donors (Lipinski definition) is 2. The van der Waals surface area contributed by atoms with Crippen molar-refractivity contribution in [2.75, 3.05) is 0 Å². The van der Waals surface area contributed by atoms with Gasteiger partial charge in [-0.3, -0.25) is 19.3 Å². The van der Waals surface area contributed by atoms with Crippen molar-refractivity contribution < 1.29 is 19.5 Å². The van der Waals surface area contributed by atoms with Crippen LogP contribution in [-0.2, 0) is 14.4 Å². The fraction of sp³-hybridized carbons (Fsp3) is 0.500. The second kappa shape index (κ2) is 4.85. The van der Waals surface area contributed by atoms with Gasteiger partial charge in [-0.05, 0) is 31.3 Å². The molecule has 1 aromatic heterocycles. The molecule has 2 bridgehead atoms. The van der Waals surface area contributed by atoms with Crippen molar-refractivity contribution in [2.24, 2.45) is 23.7 Å². The largest absolute Gasteiger partial charge is 0.480 e. The molecule has 3 fully saturated rings. The summed E-state index contributed by atoms with van der Waals surface area (Å²) in [5.74, 6) is -2.75. The summed E-state index contributed by atoms with van der Waals surface area (Å²) in [5, 5.41) is 10.1. The normalized spacial score (nSPS) is 36.1. The van der Waals surface area contributed by atoms with Crippen LogP contribution in [0.5, 0.6) is 0 Å². The van der Waals surface area contributed by atoms with E-state index in [4.69, 9.17) is 0 Å². The first kappa shape index (κ1) is 15.4. The van der Waals surface area contributed by atoms with Crippen LogP contribution >= 0.6 is 23.1 Å². The van der Waals surface area contributed by atoms with Crippen molar-refractivity contribution in [1.82, 2.24) is 9.88 Å². The zero-order valence-electron chi connectivity index (χ0n) is 13.1. The van der Waals surface area contributed by atoms with E-state index in [1.165, 1.54) is 6.92 Å². The quantitative estimate of drug-likeness (QED) is 0.744. The van der Waals surface area contributed by atoms with Gasteiger partial charge in [0.15, 0.2) is 0 Å². The number of fused-ring (bicyclic) bond motifs is 9. The molecule has 2 amide bonds. The second-order valence-corrected chi connectivity index (χ2v) is 9.18. The minimum absolute atomic E-state index is 0.0187. The molecule has 2 saturated carbocycles. The van der Waals surface area contributed by atoms with Crippen LogP contribution in [0.4, 0.5) is 0 Å². The Balaban J connectivity index is 1.55. The molecule has 7 nitrogen and oxygen atoms in total. The molecule has 0 spiro atoms. The molecule has 3 heterocycles. The lowest BCUT2D eigenvalue weighted by molar-refractivity contribution is -0.154. The van der Waals surface area contributed by atoms with Crippen LogP contribution in [0.1, 0.15) is 18.2 Å². The second-order valence-electron chi connectivity index (χ2n) is 7.01. The number of aromatic amines is 1. The Labute approximate surface area is 150 Å². The standard InChI is InChI=1S/C16H14N2O5S2/c1-4(15(21)22)18-13(19)9-5-2-7(10(9)14(18)20)11-6(5)3-8-12(25-11)17-16(23)24-8/h3-5,7,9-11H,2H2,1H3,(H,17,23)(H,21,22)/t4-,5-,7+,9+,10-,11-/m1/s1. The number of H-pyrrole nitrogens is 1. The van der Waals surface area contributed by atoms with Crippen molar-refractivity contribution in [1.29, 1.82) is 0 Å². The molecule has 5 rings (SSSR count). The summed E-state index contributed by atoms with van der Waals surface area (Å²) in [6, 6.07) is -1.13. The zero-order valence-corrected chi connectivity index (χ0v) is 14.7. The summed E-state index contributed by atoms with van der Waals surface area (Å²) < 4.78 is 0. The van der Waals surface area contributed by atoms with Gasteiger partial charge in [-0.15, -0.1) is 0 Å². The van der Waals surface area contributed by atoms with Gasteiger partial charge in [0.2, 0.25) is 11.8 Å². The number of aromatic nitrogens is 1. The van der Waals surface area contributed by atoms with Crippen LogP contribution in [0.2, 0.25) is 0 Å². The van der Waals surface area contributed by atoms with E-state index in [2.05, 4.69) is 4.98 Å². The van der Waals surface area contributed by atoms with Gasteiger partial charge in [-0.25, -0.2) is 4.79 Å². The van der Waals surface area contributed by atoms with Gasteiger partial charge in [0.25, 0.3) is 0 Å². The minimum Gasteiger partial charge on any atom is -0.480 e. The highest BCUT2D eigenvalue weighted by Crippen LogP contribution is 2.64. The number of thiazole rings is 1. The Morgan fingerprint density at radius 1 is 1.32 bits per heavy atom. The van der Waals surface area contributed by atoms with Crippen LogP contribution in [-0.4, -0.2) is 44.1 Å². The lowest BCUT2D eigenvalue weighted by atomic mass is 9.77. The number of nitrogens with zero attached hydrogens (tertiary/aromatic N) is 1. The van der Waals surface area contributed by atoms with Crippen LogP contribution in [0, 0.1) is 23.7 Å². The summed E-state index contributed by atoms with van der Waals surface area (Å²) in [6.45, 7) is 1.38. The lowest BCUT2D eigenvalue weighted by Gasteiger charge is -2.32. The molecule has 1 saturated heterocycles. The molecule has 9 heteroatoms. The maximum atomic E-state index is 12.8. The van der Waals surface area contributed by atoms with Gasteiger partial charge in [0.05, 0.1) is 21.7 Å². The van der Waals surface area contributed by atoms with Gasteiger partial charge in [0.1, 0.15) is 6.04 Å². The van der Waals surface area contributed by atoms with E-state index in [0.717, 1.165) is 38.1 Å². The third-order valence-corrected chi connectivity index (χ3v) is 8.32. The summed E-state index contributed by atoms with van der Waals surface area (Å²) in [5.41, 5.74) is 1.13. The molecule has 2 N–H and O–H groups in total. The Kier molecular flexibility index (Phi) is 2.99. The molecule has 0 radical (unpaired) electrons. The average Bonchev–Trinajstić information content (AvgIpc) is 3.25. The molecule has 6 atom stereocenters. The maximum Gasteiger partial charge on any atom is 0.326 e. The number of carboxylic acid groups (broad SMARTS) is 1. The summed E-state index contributed by atoms with van der Waals surface area (Å²) in [4.78, 5) is 53.1. The molecule has 0 unspecified atom stereocenters. The first-order valence-corrected chi connectivity index (χ1v) is 9.79. The number of imide groups is 1. The van der Waals surface area contributed by atoms with Gasteiger partial charge in [-0.2, -0.15) is 0 Å². The number of amides is 2. The van der Waals surface area contributed by atoms with E-state index in [0.29, 0.717) is 0 Å². The zero-order chi connectivity index (χ0) is 17.6. The van der Waals surface area contributed by atoms with Crippen LogP contribution < -0.4 is 4.87 Å². The van der Waals surface area contributed by atoms with Crippen LogP contribution in [0.25, 0.3) is 6.08 Å². The minimum atomic E-state index is -1.17. The molecular weight excluding hydrogens is 364 g/mol. The van der Waals surface area contributed by atoms with Crippen molar-refractivity contribution in [3.05, 3.63) is 20.1 Å². The van der Waals surface area contributed by atoms with Crippen LogP contribution in [0.3, 0.4) is 0 Å². The highest BCUT2D eigenvalue weighted by atomic mass is 32.2. The number of carbonyl (C=O) groups is 3. The first-order chi connectivity index (χ1) is 11.9. The first-order valence-electron chi connectivity index (χ1n) is 8.09. The number of carboxylic acids is 1. The molecule has 1 aromatic rings. The van der Waals surface area contributed by atoms with E-state index < -0.39 is 23.8 Å². The molecule has 0 aromatic carbocycles. The lowest BCUT2D eigenvalue weighted by Crippen LogP contribution is -2.44. The average molecular weight is 378 g/mol. The molecule has 2 aliphatic heterocycles. The van der Waals surface area contributed by atoms with Crippen LogP contribution in [0.15, 0.2) is 15.4 Å². The topological polar surface area (TPSA) is 108 Å². The van der Waals surface area contributed by atoms with Gasteiger partial charge < -0.3 is 10.1 Å². The smallest absolute Gasteiger partial charge is 0.326 e. The fourth-order valence-electron chi connectivity index (χ4n) is 4.93. The Morgan fingerprint density at radius 2 is 2.04 bits per heavy atom. The predicted octanol–water partition coefficient (Wildman–Crippen LogP) is 1.02. The number of hydrogen-bond acceptors (Lipinski definition) is 6. The molecule has 4 aliphatic rings. The van der Waals surface area contributed by atoms with Gasteiger partial charge >= 0.3 is 10.8 Å². The summed E-state index contributed by atoms with van der Waals surface area (Å²) >= 11 is 2.72. The molecule has 25 heavy (non-hydrogen) atoms. The Morgan fingerprint density at radius 3 is 2.76 bits per heavy atom. The number of rotatable bonds is 2. The highest BCUT2D eigenvalue weighted by Gasteiger charge is 2.67. The van der Waals surface area contributed by atoms with Gasteiger partial charge in [0, 0.05) is 5.25 Å². The van der Waals surface area contributed by atoms with E-state index >= 15 is 0 Å².